The lowest BCUT2D eigenvalue weighted by molar-refractivity contribution is 0.235. The minimum Gasteiger partial charge on any atom is -0.282 e. The van der Waals surface area contributed by atoms with Crippen molar-refractivity contribution in [2.75, 3.05) is 13.1 Å². The van der Waals surface area contributed by atoms with Crippen molar-refractivity contribution in [2.45, 2.75) is 37.0 Å². The molecule has 1 atom stereocenters. The highest BCUT2D eigenvalue weighted by atomic mass is 32.2. The molecule has 0 unspecified atom stereocenters. The maximum absolute atomic E-state index is 12.8. The zero-order valence-corrected chi connectivity index (χ0v) is 13.7. The molecule has 1 aliphatic rings. The second-order valence-corrected chi connectivity index (χ2v) is 8.18. The minimum absolute atomic E-state index is 0.222. The molecule has 0 saturated carbocycles. The van der Waals surface area contributed by atoms with E-state index in [1.165, 1.54) is 0 Å². The Balaban J connectivity index is 1.92. The van der Waals surface area contributed by atoms with Gasteiger partial charge in [-0.05, 0) is 37.5 Å². The van der Waals surface area contributed by atoms with E-state index < -0.39 is 10.0 Å². The van der Waals surface area contributed by atoms with Crippen LogP contribution in [-0.2, 0) is 15.4 Å². The molecule has 0 aliphatic carbocycles. The molecule has 118 valence electrons. The van der Waals surface area contributed by atoms with Gasteiger partial charge in [-0.3, -0.25) is 5.10 Å². The van der Waals surface area contributed by atoms with Crippen LogP contribution >= 0.6 is 0 Å². The molecule has 1 N–H and O–H groups in total. The van der Waals surface area contributed by atoms with Crippen molar-refractivity contribution in [1.29, 1.82) is 0 Å². The van der Waals surface area contributed by atoms with Crippen molar-refractivity contribution in [3.8, 4) is 0 Å². The van der Waals surface area contributed by atoms with Crippen LogP contribution < -0.4 is 0 Å². The van der Waals surface area contributed by atoms with Crippen molar-refractivity contribution in [2.24, 2.45) is 0 Å². The molecule has 1 aliphatic heterocycles. The summed E-state index contributed by atoms with van der Waals surface area (Å²) in [5.74, 6) is 0. The molecule has 0 amide bonds. The van der Waals surface area contributed by atoms with E-state index in [0.717, 1.165) is 24.1 Å². The number of nitrogens with one attached hydrogen (secondary N) is 1. The number of sulfonamides is 1. The molecule has 1 aromatic carbocycles. The van der Waals surface area contributed by atoms with Gasteiger partial charge < -0.3 is 0 Å². The third-order valence-corrected chi connectivity index (χ3v) is 6.33. The van der Waals surface area contributed by atoms with Crippen molar-refractivity contribution in [3.63, 3.8) is 0 Å². The summed E-state index contributed by atoms with van der Waals surface area (Å²) in [6.45, 7) is 5.17. The zero-order chi connectivity index (χ0) is 15.8. The highest BCUT2D eigenvalue weighted by molar-refractivity contribution is 7.89. The van der Waals surface area contributed by atoms with Crippen LogP contribution in [0.15, 0.2) is 41.4 Å². The molecule has 2 heterocycles. The molecule has 6 heteroatoms. The van der Waals surface area contributed by atoms with Crippen LogP contribution in [0.5, 0.6) is 0 Å². The number of piperidine rings is 1. The van der Waals surface area contributed by atoms with Gasteiger partial charge >= 0.3 is 0 Å². The number of rotatable bonds is 3. The first-order valence-corrected chi connectivity index (χ1v) is 8.93. The average molecular weight is 319 g/mol. The molecule has 1 saturated heterocycles. The van der Waals surface area contributed by atoms with Gasteiger partial charge in [-0.15, -0.1) is 0 Å². The third-order valence-electron chi connectivity index (χ3n) is 4.47. The van der Waals surface area contributed by atoms with E-state index in [2.05, 4.69) is 17.1 Å². The molecule has 0 spiro atoms. The van der Waals surface area contributed by atoms with Crippen molar-refractivity contribution in [3.05, 3.63) is 47.8 Å². The fourth-order valence-corrected chi connectivity index (χ4v) is 4.92. The van der Waals surface area contributed by atoms with E-state index >= 15 is 0 Å². The van der Waals surface area contributed by atoms with Crippen LogP contribution in [0.3, 0.4) is 0 Å². The predicted octanol–water partition coefficient (Wildman–Crippen LogP) is 2.46. The molecular formula is C16H21N3O2S. The van der Waals surface area contributed by atoms with E-state index in [-0.39, 0.29) is 5.41 Å². The van der Waals surface area contributed by atoms with Gasteiger partial charge in [-0.25, -0.2) is 8.42 Å². The van der Waals surface area contributed by atoms with E-state index in [4.69, 9.17) is 0 Å². The number of nitrogens with zero attached hydrogens (tertiary/aromatic N) is 2. The normalized spacial score (nSPS) is 23.5. The van der Waals surface area contributed by atoms with Crippen LogP contribution in [0.1, 0.15) is 31.0 Å². The first-order chi connectivity index (χ1) is 10.4. The Kier molecular flexibility index (Phi) is 3.82. The van der Waals surface area contributed by atoms with Gasteiger partial charge in [-0.1, -0.05) is 25.1 Å². The van der Waals surface area contributed by atoms with Crippen LogP contribution in [0.2, 0.25) is 0 Å². The van der Waals surface area contributed by atoms with Crippen molar-refractivity contribution in [1.82, 2.24) is 14.5 Å². The second-order valence-electron chi connectivity index (χ2n) is 6.24. The largest absolute Gasteiger partial charge is 0.282 e. The summed E-state index contributed by atoms with van der Waals surface area (Å²) in [6.07, 6.45) is 3.60. The second kappa shape index (κ2) is 5.52. The first kappa shape index (κ1) is 15.2. The Hall–Kier alpha value is -1.66. The predicted molar refractivity (Wildman–Crippen MR) is 85.1 cm³/mol. The van der Waals surface area contributed by atoms with Crippen LogP contribution in [0.4, 0.5) is 0 Å². The maximum atomic E-state index is 12.8. The Morgan fingerprint density at radius 3 is 2.64 bits per heavy atom. The van der Waals surface area contributed by atoms with Gasteiger partial charge in [0, 0.05) is 24.2 Å². The SMILES string of the molecule is Cc1cn[nH]c1[C@@]1(C)CCCN(S(=O)(=O)c2ccccc2)C1. The number of hydrogen-bond acceptors (Lipinski definition) is 3. The summed E-state index contributed by atoms with van der Waals surface area (Å²) in [6, 6.07) is 8.66. The fraction of sp³-hybridized carbons (Fsp3) is 0.438. The van der Waals surface area contributed by atoms with E-state index in [1.807, 2.05) is 13.0 Å². The molecule has 0 radical (unpaired) electrons. The summed E-state index contributed by atoms with van der Waals surface area (Å²) in [5.41, 5.74) is 1.91. The summed E-state index contributed by atoms with van der Waals surface area (Å²) in [5, 5.41) is 7.15. The van der Waals surface area contributed by atoms with E-state index in [9.17, 15) is 8.42 Å². The van der Waals surface area contributed by atoms with Gasteiger partial charge in [-0.2, -0.15) is 9.40 Å². The number of H-pyrrole nitrogens is 1. The van der Waals surface area contributed by atoms with Crippen LogP contribution in [-0.4, -0.2) is 36.0 Å². The first-order valence-electron chi connectivity index (χ1n) is 7.49. The van der Waals surface area contributed by atoms with Crippen molar-refractivity contribution < 1.29 is 8.42 Å². The minimum atomic E-state index is -3.44. The van der Waals surface area contributed by atoms with E-state index in [1.54, 1.807) is 34.8 Å². The van der Waals surface area contributed by atoms with Crippen LogP contribution in [0, 0.1) is 6.92 Å². The number of aromatic nitrogens is 2. The summed E-state index contributed by atoms with van der Waals surface area (Å²) < 4.78 is 27.3. The molecule has 2 aromatic rings. The molecule has 1 fully saturated rings. The Bertz CT molecular complexity index is 755. The van der Waals surface area contributed by atoms with Crippen LogP contribution in [0.25, 0.3) is 0 Å². The highest BCUT2D eigenvalue weighted by Gasteiger charge is 2.39. The number of aromatic amines is 1. The number of aryl methyl sites for hydroxylation is 1. The number of hydrogen-bond donors (Lipinski definition) is 1. The topological polar surface area (TPSA) is 66.1 Å². The Morgan fingerprint density at radius 1 is 1.27 bits per heavy atom. The third kappa shape index (κ3) is 2.57. The molecule has 1 aromatic heterocycles. The maximum Gasteiger partial charge on any atom is 0.243 e. The monoisotopic (exact) mass is 319 g/mol. The van der Waals surface area contributed by atoms with Gasteiger partial charge in [0.05, 0.1) is 11.1 Å². The average Bonchev–Trinajstić information content (AvgIpc) is 2.95. The van der Waals surface area contributed by atoms with Crippen molar-refractivity contribution >= 4 is 10.0 Å². The lowest BCUT2D eigenvalue weighted by atomic mass is 9.78. The standard InChI is InChI=1S/C16H21N3O2S/c1-13-11-17-18-15(13)16(2)9-6-10-19(12-16)22(20,21)14-7-4-3-5-8-14/h3-5,7-8,11H,6,9-10,12H2,1-2H3,(H,17,18)/t16-/m0/s1. The molecular weight excluding hydrogens is 298 g/mol. The summed E-state index contributed by atoms with van der Waals surface area (Å²) in [7, 11) is -3.44. The van der Waals surface area contributed by atoms with Gasteiger partial charge in [0.1, 0.15) is 0 Å². The van der Waals surface area contributed by atoms with Gasteiger partial charge in [0.25, 0.3) is 0 Å². The Labute approximate surface area is 131 Å². The molecule has 0 bridgehead atoms. The summed E-state index contributed by atoms with van der Waals surface area (Å²) >= 11 is 0. The molecule has 3 rings (SSSR count). The Morgan fingerprint density at radius 2 is 2.00 bits per heavy atom. The smallest absolute Gasteiger partial charge is 0.243 e. The summed E-state index contributed by atoms with van der Waals surface area (Å²) in [4.78, 5) is 0.362. The molecule has 22 heavy (non-hydrogen) atoms. The molecule has 5 nitrogen and oxygen atoms in total. The number of benzene rings is 1. The zero-order valence-electron chi connectivity index (χ0n) is 12.9. The van der Waals surface area contributed by atoms with E-state index in [0.29, 0.717) is 18.0 Å². The lowest BCUT2D eigenvalue weighted by Gasteiger charge is -2.39. The highest BCUT2D eigenvalue weighted by Crippen LogP contribution is 2.36. The van der Waals surface area contributed by atoms with Gasteiger partial charge in [0.2, 0.25) is 10.0 Å². The van der Waals surface area contributed by atoms with Gasteiger partial charge in [0.15, 0.2) is 0 Å². The lowest BCUT2D eigenvalue weighted by Crippen LogP contribution is -2.47. The quantitative estimate of drug-likeness (QED) is 0.945. The fourth-order valence-electron chi connectivity index (χ4n) is 3.30.